The Morgan fingerprint density at radius 2 is 2.00 bits per heavy atom. The number of ketones is 1. The summed E-state index contributed by atoms with van der Waals surface area (Å²) in [6.07, 6.45) is 4.12. The van der Waals surface area contributed by atoms with Crippen molar-refractivity contribution >= 4 is 23.1 Å². The van der Waals surface area contributed by atoms with E-state index in [9.17, 15) is 14.7 Å². The number of ether oxygens (including phenoxy) is 2. The van der Waals surface area contributed by atoms with Crippen LogP contribution in [-0.4, -0.2) is 82.0 Å². The predicted octanol–water partition coefficient (Wildman–Crippen LogP) is 3.35. The van der Waals surface area contributed by atoms with Crippen molar-refractivity contribution in [2.75, 3.05) is 46.0 Å². The third kappa shape index (κ3) is 4.94. The van der Waals surface area contributed by atoms with Crippen molar-refractivity contribution in [1.29, 1.82) is 0 Å². The minimum absolute atomic E-state index is 0.0518. The van der Waals surface area contributed by atoms with Gasteiger partial charge in [0.05, 0.1) is 30.5 Å². The Labute approximate surface area is 221 Å². The number of aliphatic hydroxyl groups excluding tert-OH is 1. The standard InChI is InChI=1S/C29H32N4O5/c1-3-16-38-22-9-6-8-21(19-22)26-24(27(34)25-20(2)30-23-10-4-5-12-32(23)25)28(35)29(36)33(26)13-7-11-31-14-17-37-18-15-31/h3-6,8-10,12,19,26,34H,1,7,11,13-18H2,2H3. The predicted molar refractivity (Wildman–Crippen MR) is 143 cm³/mol. The Balaban J connectivity index is 1.56. The Hall–Kier alpha value is -3.95. The molecule has 0 bridgehead atoms. The van der Waals surface area contributed by atoms with E-state index in [4.69, 9.17) is 9.47 Å². The van der Waals surface area contributed by atoms with Gasteiger partial charge >= 0.3 is 0 Å². The fourth-order valence-corrected chi connectivity index (χ4v) is 5.20. The van der Waals surface area contributed by atoms with E-state index in [-0.39, 0.29) is 11.3 Å². The number of nitrogens with zero attached hydrogens (tertiary/aromatic N) is 4. The van der Waals surface area contributed by atoms with Crippen LogP contribution in [0.25, 0.3) is 11.4 Å². The van der Waals surface area contributed by atoms with Gasteiger partial charge < -0.3 is 19.5 Å². The highest BCUT2D eigenvalue weighted by Gasteiger charge is 2.46. The Bertz CT molecular complexity index is 1390. The van der Waals surface area contributed by atoms with Crippen molar-refractivity contribution in [3.63, 3.8) is 0 Å². The molecule has 198 valence electrons. The van der Waals surface area contributed by atoms with Gasteiger partial charge in [-0.05, 0) is 43.2 Å². The lowest BCUT2D eigenvalue weighted by molar-refractivity contribution is -0.140. The van der Waals surface area contributed by atoms with E-state index in [1.807, 2.05) is 42.5 Å². The zero-order valence-electron chi connectivity index (χ0n) is 21.5. The molecule has 0 saturated carbocycles. The molecule has 1 atom stereocenters. The monoisotopic (exact) mass is 516 g/mol. The number of carbonyl (C=O) groups excluding carboxylic acids is 2. The highest BCUT2D eigenvalue weighted by Crippen LogP contribution is 2.41. The number of carbonyl (C=O) groups is 2. The minimum Gasteiger partial charge on any atom is -0.505 e. The maximum atomic E-state index is 13.5. The van der Waals surface area contributed by atoms with Crippen molar-refractivity contribution in [2.45, 2.75) is 19.4 Å². The van der Waals surface area contributed by atoms with E-state index in [2.05, 4.69) is 16.5 Å². The fourth-order valence-electron chi connectivity index (χ4n) is 5.20. The number of fused-ring (bicyclic) bond motifs is 1. The van der Waals surface area contributed by atoms with Crippen LogP contribution in [0.4, 0.5) is 0 Å². The molecule has 0 spiro atoms. The minimum atomic E-state index is -0.763. The van der Waals surface area contributed by atoms with Crippen molar-refractivity contribution < 1.29 is 24.2 Å². The number of likely N-dealkylation sites (tertiary alicyclic amines) is 1. The summed E-state index contributed by atoms with van der Waals surface area (Å²) in [4.78, 5) is 35.3. The molecule has 2 aliphatic heterocycles. The lowest BCUT2D eigenvalue weighted by Gasteiger charge is -2.29. The van der Waals surface area contributed by atoms with Gasteiger partial charge in [-0.1, -0.05) is 30.9 Å². The number of aliphatic hydroxyl groups is 1. The van der Waals surface area contributed by atoms with Crippen molar-refractivity contribution in [1.82, 2.24) is 19.2 Å². The molecule has 1 unspecified atom stereocenters. The topological polar surface area (TPSA) is 96.6 Å². The van der Waals surface area contributed by atoms with Gasteiger partial charge in [0.25, 0.3) is 11.7 Å². The van der Waals surface area contributed by atoms with Gasteiger partial charge in [-0.3, -0.25) is 18.9 Å². The molecule has 2 aliphatic rings. The molecule has 0 radical (unpaired) electrons. The average molecular weight is 517 g/mol. The lowest BCUT2D eigenvalue weighted by atomic mass is 9.96. The van der Waals surface area contributed by atoms with Gasteiger partial charge in [0.1, 0.15) is 23.7 Å². The number of Topliss-reactive ketones (excluding diaryl/α,β-unsaturated/α-hetero) is 1. The molecule has 2 aromatic heterocycles. The first-order chi connectivity index (χ1) is 18.5. The quantitative estimate of drug-likeness (QED) is 0.202. The molecule has 2 saturated heterocycles. The first-order valence-electron chi connectivity index (χ1n) is 12.9. The maximum absolute atomic E-state index is 13.5. The smallest absolute Gasteiger partial charge is 0.295 e. The highest BCUT2D eigenvalue weighted by atomic mass is 16.5. The zero-order chi connectivity index (χ0) is 26.6. The molecular weight excluding hydrogens is 484 g/mol. The van der Waals surface area contributed by atoms with E-state index in [0.717, 1.165) is 19.6 Å². The van der Waals surface area contributed by atoms with Crippen LogP contribution in [0.5, 0.6) is 5.75 Å². The average Bonchev–Trinajstić information content (AvgIpc) is 3.40. The zero-order valence-corrected chi connectivity index (χ0v) is 21.5. The molecule has 9 nitrogen and oxygen atoms in total. The summed E-state index contributed by atoms with van der Waals surface area (Å²) in [6, 6.07) is 12.0. The second kappa shape index (κ2) is 11.2. The van der Waals surface area contributed by atoms with Gasteiger partial charge in [-0.25, -0.2) is 4.98 Å². The van der Waals surface area contributed by atoms with Gasteiger partial charge in [-0.15, -0.1) is 0 Å². The first-order valence-corrected chi connectivity index (χ1v) is 12.9. The fraction of sp³-hybridized carbons (Fsp3) is 0.345. The molecule has 2 fully saturated rings. The Kier molecular flexibility index (Phi) is 7.57. The summed E-state index contributed by atoms with van der Waals surface area (Å²) in [6.45, 7) is 10.0. The van der Waals surface area contributed by atoms with Crippen LogP contribution in [0.1, 0.15) is 29.4 Å². The molecule has 4 heterocycles. The third-order valence-corrected chi connectivity index (χ3v) is 6.99. The van der Waals surface area contributed by atoms with Crippen LogP contribution in [0.3, 0.4) is 0 Å². The molecule has 1 amide bonds. The summed E-state index contributed by atoms with van der Waals surface area (Å²) in [5.74, 6) is -0.978. The number of pyridine rings is 1. The van der Waals surface area contributed by atoms with Crippen molar-refractivity contribution in [2.24, 2.45) is 0 Å². The number of amides is 1. The molecule has 3 aromatic rings. The number of benzene rings is 1. The molecule has 38 heavy (non-hydrogen) atoms. The molecule has 9 heteroatoms. The molecular formula is C29H32N4O5. The second-order valence-corrected chi connectivity index (χ2v) is 9.45. The van der Waals surface area contributed by atoms with E-state index >= 15 is 0 Å². The van der Waals surface area contributed by atoms with Crippen LogP contribution in [0.2, 0.25) is 0 Å². The summed E-state index contributed by atoms with van der Waals surface area (Å²) in [5, 5.41) is 11.6. The second-order valence-electron chi connectivity index (χ2n) is 9.45. The Morgan fingerprint density at radius 3 is 2.79 bits per heavy atom. The maximum Gasteiger partial charge on any atom is 0.295 e. The molecule has 0 aliphatic carbocycles. The molecule has 5 rings (SSSR count). The summed E-state index contributed by atoms with van der Waals surface area (Å²) in [7, 11) is 0. The molecule has 1 aromatic carbocycles. The van der Waals surface area contributed by atoms with Crippen LogP contribution < -0.4 is 4.74 Å². The SMILES string of the molecule is C=CCOc1cccc(C2C(=C(O)c3c(C)nc4ccccn34)C(=O)C(=O)N2CCCN2CCOCC2)c1. The normalized spacial score (nSPS) is 19.8. The summed E-state index contributed by atoms with van der Waals surface area (Å²) in [5.41, 5.74) is 2.34. The number of hydrogen-bond acceptors (Lipinski definition) is 7. The van der Waals surface area contributed by atoms with Crippen LogP contribution >= 0.6 is 0 Å². The van der Waals surface area contributed by atoms with Crippen LogP contribution in [0, 0.1) is 6.92 Å². The van der Waals surface area contributed by atoms with Gasteiger partial charge in [-0.2, -0.15) is 0 Å². The van der Waals surface area contributed by atoms with Gasteiger partial charge in [0.2, 0.25) is 0 Å². The Morgan fingerprint density at radius 1 is 1.18 bits per heavy atom. The van der Waals surface area contributed by atoms with Crippen molar-refractivity contribution in [3.05, 3.63) is 83.8 Å². The number of aromatic nitrogens is 2. The summed E-state index contributed by atoms with van der Waals surface area (Å²) >= 11 is 0. The number of imidazole rings is 1. The summed E-state index contributed by atoms with van der Waals surface area (Å²) < 4.78 is 12.9. The van der Waals surface area contributed by atoms with E-state index in [0.29, 0.717) is 61.1 Å². The lowest BCUT2D eigenvalue weighted by Crippen LogP contribution is -2.38. The van der Waals surface area contributed by atoms with Gasteiger partial charge in [0.15, 0.2) is 5.76 Å². The van der Waals surface area contributed by atoms with Gasteiger partial charge in [0, 0.05) is 32.4 Å². The van der Waals surface area contributed by atoms with E-state index in [1.165, 1.54) is 0 Å². The van der Waals surface area contributed by atoms with Crippen molar-refractivity contribution in [3.8, 4) is 5.75 Å². The van der Waals surface area contributed by atoms with Crippen LogP contribution in [-0.2, 0) is 14.3 Å². The first kappa shape index (κ1) is 25.7. The van der Waals surface area contributed by atoms with Crippen LogP contribution in [0.15, 0.2) is 66.9 Å². The number of hydrogen-bond donors (Lipinski definition) is 1. The number of morpholine rings is 1. The molecule has 1 N–H and O–H groups in total. The highest BCUT2D eigenvalue weighted by molar-refractivity contribution is 6.46. The number of rotatable bonds is 9. The van der Waals surface area contributed by atoms with E-state index < -0.39 is 17.7 Å². The van der Waals surface area contributed by atoms with E-state index in [1.54, 1.807) is 28.5 Å². The number of aryl methyl sites for hydroxylation is 1. The third-order valence-electron chi connectivity index (χ3n) is 6.99. The largest absolute Gasteiger partial charge is 0.505 e.